The lowest BCUT2D eigenvalue weighted by Gasteiger charge is -2.15. The van der Waals surface area contributed by atoms with Crippen LogP contribution in [0.15, 0.2) is 65.9 Å². The van der Waals surface area contributed by atoms with Crippen molar-refractivity contribution in [3.8, 4) is 0 Å². The first kappa shape index (κ1) is 21.9. The number of nitrogens with one attached hydrogen (secondary N) is 1. The van der Waals surface area contributed by atoms with Crippen molar-refractivity contribution in [1.29, 1.82) is 0 Å². The number of hydrogen-bond acceptors (Lipinski definition) is 6. The number of aliphatic hydroxyl groups excluding tert-OH is 1. The number of hydrogen-bond donors (Lipinski definition) is 2. The Balaban J connectivity index is 1.73. The Bertz CT molecular complexity index is 1040. The molecular formula is C23H21FN2O5. The summed E-state index contributed by atoms with van der Waals surface area (Å²) in [5.41, 5.74) is 1.88. The zero-order valence-electron chi connectivity index (χ0n) is 16.8. The Labute approximate surface area is 178 Å². The van der Waals surface area contributed by atoms with Gasteiger partial charge in [-0.1, -0.05) is 18.2 Å². The third-order valence-electron chi connectivity index (χ3n) is 4.69. The molecule has 3 rings (SSSR count). The van der Waals surface area contributed by atoms with Crippen LogP contribution in [0.2, 0.25) is 0 Å². The highest BCUT2D eigenvalue weighted by Crippen LogP contribution is 2.23. The summed E-state index contributed by atoms with van der Waals surface area (Å²) >= 11 is 0. The summed E-state index contributed by atoms with van der Waals surface area (Å²) in [5.74, 6) is -1.64. The van der Waals surface area contributed by atoms with Gasteiger partial charge in [-0.2, -0.15) is 0 Å². The number of esters is 1. The Morgan fingerprint density at radius 2 is 1.84 bits per heavy atom. The average Bonchev–Trinajstić information content (AvgIpc) is 3.08. The van der Waals surface area contributed by atoms with E-state index in [-0.39, 0.29) is 42.6 Å². The van der Waals surface area contributed by atoms with Gasteiger partial charge in [0.25, 0.3) is 5.91 Å². The summed E-state index contributed by atoms with van der Waals surface area (Å²) in [6.45, 7) is -0.0901. The van der Waals surface area contributed by atoms with Gasteiger partial charge in [0.15, 0.2) is 5.78 Å². The number of amides is 1. The predicted octanol–water partition coefficient (Wildman–Crippen LogP) is 2.40. The molecule has 0 saturated carbocycles. The van der Waals surface area contributed by atoms with Crippen LogP contribution in [-0.4, -0.2) is 54.5 Å². The summed E-state index contributed by atoms with van der Waals surface area (Å²) in [6, 6.07) is 12.2. The maximum atomic E-state index is 12.9. The van der Waals surface area contributed by atoms with Gasteiger partial charge >= 0.3 is 5.97 Å². The first-order valence-electron chi connectivity index (χ1n) is 9.49. The normalized spacial score (nSPS) is 13.8. The summed E-state index contributed by atoms with van der Waals surface area (Å²) in [5, 5.41) is 12.0. The van der Waals surface area contributed by atoms with Crippen molar-refractivity contribution in [2.45, 2.75) is 0 Å². The molecule has 0 bridgehead atoms. The third kappa shape index (κ3) is 5.23. The molecule has 7 nitrogen and oxygen atoms in total. The molecule has 1 heterocycles. The van der Waals surface area contributed by atoms with E-state index in [1.807, 2.05) is 0 Å². The van der Waals surface area contributed by atoms with Crippen LogP contribution >= 0.6 is 0 Å². The fourth-order valence-electron chi connectivity index (χ4n) is 3.05. The zero-order valence-corrected chi connectivity index (χ0v) is 16.8. The van der Waals surface area contributed by atoms with Gasteiger partial charge in [-0.3, -0.25) is 9.59 Å². The molecule has 0 unspecified atom stereocenters. The topological polar surface area (TPSA) is 95.9 Å². The molecule has 0 aromatic heterocycles. The molecule has 0 spiro atoms. The standard InChI is InChI=1S/C23H21FN2O5/c1-31-23(30)19-14-26(12-13-27)22(29)21(19)25-18-9-5-16(6-10-18)20(28)11-4-15-2-7-17(24)8-3-15/h2-11,25,27H,12-14H2,1H3. The van der Waals surface area contributed by atoms with E-state index in [0.717, 1.165) is 0 Å². The summed E-state index contributed by atoms with van der Waals surface area (Å²) in [7, 11) is 1.23. The number of methoxy groups -OCH3 is 1. The number of anilines is 1. The smallest absolute Gasteiger partial charge is 0.337 e. The lowest BCUT2D eigenvalue weighted by atomic mass is 10.1. The van der Waals surface area contributed by atoms with Gasteiger partial charge in [0.2, 0.25) is 0 Å². The van der Waals surface area contributed by atoms with E-state index in [1.54, 1.807) is 42.5 Å². The van der Waals surface area contributed by atoms with Crippen LogP contribution in [0.25, 0.3) is 6.08 Å². The van der Waals surface area contributed by atoms with E-state index >= 15 is 0 Å². The second-order valence-electron chi connectivity index (χ2n) is 6.75. The molecule has 0 aliphatic carbocycles. The number of ether oxygens (including phenoxy) is 1. The van der Waals surface area contributed by atoms with E-state index in [4.69, 9.17) is 9.84 Å². The van der Waals surface area contributed by atoms with Crippen LogP contribution in [0, 0.1) is 5.82 Å². The minimum Gasteiger partial charge on any atom is -0.466 e. The van der Waals surface area contributed by atoms with E-state index in [0.29, 0.717) is 16.8 Å². The van der Waals surface area contributed by atoms with Crippen molar-refractivity contribution < 1.29 is 28.6 Å². The molecule has 0 saturated heterocycles. The van der Waals surface area contributed by atoms with Gasteiger partial charge < -0.3 is 20.1 Å². The molecule has 2 aromatic carbocycles. The van der Waals surface area contributed by atoms with Crippen LogP contribution in [0.5, 0.6) is 0 Å². The maximum absolute atomic E-state index is 12.9. The highest BCUT2D eigenvalue weighted by Gasteiger charge is 2.34. The van der Waals surface area contributed by atoms with E-state index < -0.39 is 11.9 Å². The van der Waals surface area contributed by atoms with Gasteiger partial charge in [-0.25, -0.2) is 9.18 Å². The fraction of sp³-hybridized carbons (Fsp3) is 0.174. The Morgan fingerprint density at radius 3 is 2.45 bits per heavy atom. The second kappa shape index (κ2) is 9.82. The summed E-state index contributed by atoms with van der Waals surface area (Å²) < 4.78 is 17.7. The number of β-amino-alcohol motifs (C(OH)–C–C–N with tert-alkyl or cyclic N) is 1. The number of benzene rings is 2. The Kier molecular flexibility index (Phi) is 6.94. The first-order chi connectivity index (χ1) is 14.9. The van der Waals surface area contributed by atoms with Crippen molar-refractivity contribution in [2.75, 3.05) is 32.1 Å². The molecule has 0 atom stereocenters. The number of carbonyl (C=O) groups excluding carboxylic acids is 3. The van der Waals surface area contributed by atoms with Crippen molar-refractivity contribution in [1.82, 2.24) is 4.90 Å². The Hall–Kier alpha value is -3.78. The number of allylic oxidation sites excluding steroid dienone is 1. The van der Waals surface area contributed by atoms with Crippen LogP contribution in [0.1, 0.15) is 15.9 Å². The number of halogens is 1. The summed E-state index contributed by atoms with van der Waals surface area (Å²) in [6.07, 6.45) is 2.98. The molecule has 0 fully saturated rings. The quantitative estimate of drug-likeness (QED) is 0.384. The summed E-state index contributed by atoms with van der Waals surface area (Å²) in [4.78, 5) is 38.3. The zero-order chi connectivity index (χ0) is 22.4. The van der Waals surface area contributed by atoms with Crippen molar-refractivity contribution >= 4 is 29.4 Å². The lowest BCUT2D eigenvalue weighted by Crippen LogP contribution is -2.31. The highest BCUT2D eigenvalue weighted by molar-refractivity contribution is 6.09. The number of rotatable bonds is 8. The van der Waals surface area contributed by atoms with E-state index in [2.05, 4.69) is 5.32 Å². The monoisotopic (exact) mass is 424 g/mol. The second-order valence-corrected chi connectivity index (χ2v) is 6.75. The van der Waals surface area contributed by atoms with Gasteiger partial charge in [0.1, 0.15) is 11.5 Å². The van der Waals surface area contributed by atoms with E-state index in [9.17, 15) is 18.8 Å². The predicted molar refractivity (Wildman–Crippen MR) is 113 cm³/mol. The molecule has 1 amide bonds. The van der Waals surface area contributed by atoms with Gasteiger partial charge in [0.05, 0.1) is 25.8 Å². The van der Waals surface area contributed by atoms with Crippen molar-refractivity contribution in [3.05, 3.63) is 82.8 Å². The van der Waals surface area contributed by atoms with E-state index in [1.165, 1.54) is 30.2 Å². The lowest BCUT2D eigenvalue weighted by molar-refractivity contribution is -0.136. The number of carbonyl (C=O) groups is 3. The van der Waals surface area contributed by atoms with Crippen LogP contribution in [0.3, 0.4) is 0 Å². The minimum atomic E-state index is -0.631. The molecule has 2 N–H and O–H groups in total. The molecule has 1 aliphatic rings. The molecule has 0 radical (unpaired) electrons. The molecular weight excluding hydrogens is 403 g/mol. The van der Waals surface area contributed by atoms with Crippen molar-refractivity contribution in [2.24, 2.45) is 0 Å². The average molecular weight is 424 g/mol. The minimum absolute atomic E-state index is 0.0408. The molecule has 31 heavy (non-hydrogen) atoms. The largest absolute Gasteiger partial charge is 0.466 e. The molecule has 2 aromatic rings. The molecule has 160 valence electrons. The molecule has 1 aliphatic heterocycles. The van der Waals surface area contributed by atoms with Gasteiger partial charge in [-0.05, 0) is 48.0 Å². The number of ketones is 1. The van der Waals surface area contributed by atoms with Gasteiger partial charge in [0, 0.05) is 17.8 Å². The van der Waals surface area contributed by atoms with Gasteiger partial charge in [-0.15, -0.1) is 0 Å². The SMILES string of the molecule is COC(=O)C1=C(Nc2ccc(C(=O)C=Cc3ccc(F)cc3)cc2)C(=O)N(CCO)C1. The van der Waals surface area contributed by atoms with Crippen molar-refractivity contribution in [3.63, 3.8) is 0 Å². The number of aliphatic hydroxyl groups is 1. The fourth-order valence-corrected chi connectivity index (χ4v) is 3.05. The Morgan fingerprint density at radius 1 is 1.16 bits per heavy atom. The van der Waals surface area contributed by atoms with Crippen LogP contribution in [-0.2, 0) is 14.3 Å². The van der Waals surface area contributed by atoms with Crippen LogP contribution < -0.4 is 5.32 Å². The first-order valence-corrected chi connectivity index (χ1v) is 9.49. The third-order valence-corrected chi connectivity index (χ3v) is 4.69. The maximum Gasteiger partial charge on any atom is 0.337 e. The number of nitrogens with zero attached hydrogens (tertiary/aromatic N) is 1. The molecule has 8 heteroatoms. The highest BCUT2D eigenvalue weighted by atomic mass is 19.1. The van der Waals surface area contributed by atoms with Crippen LogP contribution in [0.4, 0.5) is 10.1 Å².